The third-order valence-electron chi connectivity index (χ3n) is 2.27. The van der Waals surface area contributed by atoms with Gasteiger partial charge in [-0.05, 0) is 17.7 Å². The molecule has 1 aromatic rings. The zero-order valence-electron chi connectivity index (χ0n) is 8.01. The molecule has 1 saturated heterocycles. The number of carboxylic acid groups (broad SMARTS) is 1. The van der Waals surface area contributed by atoms with E-state index in [-0.39, 0.29) is 11.1 Å². The Bertz CT molecular complexity index is 435. The highest BCUT2D eigenvalue weighted by molar-refractivity contribution is 8.23. The molecule has 0 aliphatic carbocycles. The average molecular weight is 257 g/mol. The van der Waals surface area contributed by atoms with Crippen molar-refractivity contribution in [3.63, 3.8) is 0 Å². The summed E-state index contributed by atoms with van der Waals surface area (Å²) in [6.07, 6.45) is 0. The fourth-order valence-corrected chi connectivity index (χ4v) is 3.00. The Balaban J connectivity index is 2.28. The summed E-state index contributed by atoms with van der Waals surface area (Å²) >= 11 is 6.21. The first-order valence-electron chi connectivity index (χ1n) is 4.53. The van der Waals surface area contributed by atoms with Crippen LogP contribution >= 0.6 is 24.0 Å². The lowest BCUT2D eigenvalue weighted by Crippen LogP contribution is -2.35. The highest BCUT2D eigenvalue weighted by Crippen LogP contribution is 2.37. The van der Waals surface area contributed by atoms with Crippen LogP contribution in [-0.4, -0.2) is 21.4 Å². The molecule has 2 N–H and O–H groups in total. The predicted octanol–water partition coefficient (Wildman–Crippen LogP) is 1.94. The van der Waals surface area contributed by atoms with Crippen LogP contribution in [0.1, 0.15) is 10.8 Å². The van der Waals surface area contributed by atoms with Gasteiger partial charge in [-0.3, -0.25) is 0 Å². The molecule has 16 heavy (non-hydrogen) atoms. The van der Waals surface area contributed by atoms with Crippen molar-refractivity contribution in [2.75, 3.05) is 0 Å². The first-order chi connectivity index (χ1) is 7.58. The number of thiocarbonyl (C=S) groups is 1. The van der Waals surface area contributed by atoms with Gasteiger partial charge in [-0.2, -0.15) is 0 Å². The number of hydrogen-bond acceptors (Lipinski definition) is 3. The van der Waals surface area contributed by atoms with Gasteiger partial charge in [0.05, 0.1) is 5.25 Å². The minimum atomic E-state index is -0.957. The number of carboxylic acids is 1. The predicted molar refractivity (Wildman–Crippen MR) is 63.9 cm³/mol. The number of aliphatic carboxylic acids is 1. The fraction of sp³-hybridized carbons (Fsp3) is 0.200. The maximum atomic E-state index is 12.7. The van der Waals surface area contributed by atoms with Crippen LogP contribution < -0.4 is 5.32 Å². The second-order valence-corrected chi connectivity index (χ2v) is 5.16. The average Bonchev–Trinajstić information content (AvgIpc) is 2.61. The van der Waals surface area contributed by atoms with E-state index in [1.165, 1.54) is 23.9 Å². The molecule has 2 atom stereocenters. The Kier molecular flexibility index (Phi) is 3.11. The normalized spacial score (nSPS) is 24.2. The van der Waals surface area contributed by atoms with Crippen LogP contribution in [0, 0.1) is 5.82 Å². The lowest BCUT2D eigenvalue weighted by Gasteiger charge is -2.13. The standard InChI is InChI=1S/C10H8FNO2S2/c11-6-3-1-5(2-4-6)8-7(9(13)14)12-10(15)16-8/h1-4,7-8H,(H,12,15)(H,13,14). The van der Waals surface area contributed by atoms with Crippen LogP contribution in [0.5, 0.6) is 0 Å². The molecule has 1 aromatic carbocycles. The van der Waals surface area contributed by atoms with Crippen LogP contribution in [0.25, 0.3) is 0 Å². The van der Waals surface area contributed by atoms with Crippen LogP contribution in [0.4, 0.5) is 4.39 Å². The second-order valence-electron chi connectivity index (χ2n) is 3.34. The molecule has 0 radical (unpaired) electrons. The molecule has 1 fully saturated rings. The molecular formula is C10H8FNO2S2. The number of carbonyl (C=O) groups is 1. The first-order valence-corrected chi connectivity index (χ1v) is 5.82. The number of hydrogen-bond donors (Lipinski definition) is 2. The molecule has 3 nitrogen and oxygen atoms in total. The summed E-state index contributed by atoms with van der Waals surface area (Å²) in [5.41, 5.74) is 0.756. The zero-order chi connectivity index (χ0) is 11.7. The summed E-state index contributed by atoms with van der Waals surface area (Å²) in [7, 11) is 0. The number of thioether (sulfide) groups is 1. The topological polar surface area (TPSA) is 49.3 Å². The smallest absolute Gasteiger partial charge is 0.327 e. The largest absolute Gasteiger partial charge is 0.480 e. The molecule has 1 aliphatic heterocycles. The van der Waals surface area contributed by atoms with Gasteiger partial charge < -0.3 is 10.4 Å². The van der Waals surface area contributed by atoms with Crippen LogP contribution in [0.15, 0.2) is 24.3 Å². The van der Waals surface area contributed by atoms with Crippen molar-refractivity contribution in [1.82, 2.24) is 5.32 Å². The van der Waals surface area contributed by atoms with E-state index < -0.39 is 12.0 Å². The Labute approximate surface area is 101 Å². The summed E-state index contributed by atoms with van der Waals surface area (Å²) in [4.78, 5) is 11.0. The number of halogens is 1. The number of rotatable bonds is 2. The molecule has 1 heterocycles. The van der Waals surface area contributed by atoms with E-state index in [4.69, 9.17) is 17.3 Å². The highest BCUT2D eigenvalue weighted by Gasteiger charge is 2.37. The molecule has 0 amide bonds. The van der Waals surface area contributed by atoms with Crippen LogP contribution in [0.3, 0.4) is 0 Å². The van der Waals surface area contributed by atoms with Crippen molar-refractivity contribution in [3.05, 3.63) is 35.6 Å². The summed E-state index contributed by atoms with van der Waals surface area (Å²) in [6, 6.07) is 5.05. The van der Waals surface area contributed by atoms with Gasteiger partial charge in [0.15, 0.2) is 0 Å². The summed E-state index contributed by atoms with van der Waals surface area (Å²) in [6.45, 7) is 0. The number of benzene rings is 1. The lowest BCUT2D eigenvalue weighted by molar-refractivity contribution is -0.138. The van der Waals surface area contributed by atoms with E-state index >= 15 is 0 Å². The van der Waals surface area contributed by atoms with Gasteiger partial charge in [0.25, 0.3) is 0 Å². The number of nitrogens with one attached hydrogen (secondary N) is 1. The first kappa shape index (κ1) is 11.3. The van der Waals surface area contributed by atoms with Crippen molar-refractivity contribution >= 4 is 34.3 Å². The molecule has 2 unspecified atom stereocenters. The van der Waals surface area contributed by atoms with Crippen LogP contribution in [0.2, 0.25) is 0 Å². The molecule has 0 saturated carbocycles. The van der Waals surface area contributed by atoms with E-state index in [2.05, 4.69) is 5.32 Å². The Morgan fingerprint density at radius 1 is 1.44 bits per heavy atom. The molecule has 2 rings (SSSR count). The van der Waals surface area contributed by atoms with Gasteiger partial charge in [-0.1, -0.05) is 36.1 Å². The fourth-order valence-electron chi connectivity index (χ4n) is 1.52. The molecule has 0 aromatic heterocycles. The molecule has 6 heteroatoms. The molecular weight excluding hydrogens is 249 g/mol. The van der Waals surface area contributed by atoms with E-state index in [1.807, 2.05) is 0 Å². The van der Waals surface area contributed by atoms with Crippen LogP contribution in [-0.2, 0) is 4.79 Å². The Morgan fingerprint density at radius 3 is 2.62 bits per heavy atom. The zero-order valence-corrected chi connectivity index (χ0v) is 9.65. The Hall–Kier alpha value is -1.14. The summed E-state index contributed by atoms with van der Waals surface area (Å²) < 4.78 is 13.2. The van der Waals surface area contributed by atoms with Crippen molar-refractivity contribution in [1.29, 1.82) is 0 Å². The summed E-state index contributed by atoms with van der Waals surface area (Å²) in [5.74, 6) is -1.30. The third kappa shape index (κ3) is 2.17. The summed E-state index contributed by atoms with van der Waals surface area (Å²) in [5, 5.41) is 11.4. The molecule has 1 aliphatic rings. The van der Waals surface area contributed by atoms with Gasteiger partial charge in [0.1, 0.15) is 16.2 Å². The Morgan fingerprint density at radius 2 is 2.06 bits per heavy atom. The molecule has 0 spiro atoms. The van der Waals surface area contributed by atoms with E-state index in [9.17, 15) is 9.18 Å². The van der Waals surface area contributed by atoms with E-state index in [1.54, 1.807) is 12.1 Å². The SMILES string of the molecule is O=C(O)C1NC(=S)SC1c1ccc(F)cc1. The van der Waals surface area contributed by atoms with Gasteiger partial charge in [-0.25, -0.2) is 9.18 Å². The minimum Gasteiger partial charge on any atom is -0.480 e. The third-order valence-corrected chi connectivity index (χ3v) is 3.81. The molecule has 84 valence electrons. The van der Waals surface area contributed by atoms with Gasteiger partial charge in [0, 0.05) is 0 Å². The van der Waals surface area contributed by atoms with Crippen molar-refractivity contribution in [2.24, 2.45) is 0 Å². The van der Waals surface area contributed by atoms with Crippen molar-refractivity contribution in [3.8, 4) is 0 Å². The maximum absolute atomic E-state index is 12.7. The van der Waals surface area contributed by atoms with Gasteiger partial charge >= 0.3 is 5.97 Å². The highest BCUT2D eigenvalue weighted by atomic mass is 32.2. The van der Waals surface area contributed by atoms with Gasteiger partial charge in [0.2, 0.25) is 0 Å². The van der Waals surface area contributed by atoms with E-state index in [0.29, 0.717) is 4.32 Å². The lowest BCUT2D eigenvalue weighted by atomic mass is 10.1. The second kappa shape index (κ2) is 4.39. The quantitative estimate of drug-likeness (QED) is 0.793. The monoisotopic (exact) mass is 257 g/mol. The minimum absolute atomic E-state index is 0.300. The van der Waals surface area contributed by atoms with Gasteiger partial charge in [-0.15, -0.1) is 0 Å². The van der Waals surface area contributed by atoms with E-state index in [0.717, 1.165) is 5.56 Å². The van der Waals surface area contributed by atoms with Crippen molar-refractivity contribution in [2.45, 2.75) is 11.3 Å². The molecule has 0 bridgehead atoms. The van der Waals surface area contributed by atoms with Crippen molar-refractivity contribution < 1.29 is 14.3 Å². The maximum Gasteiger partial charge on any atom is 0.327 e.